The molecule has 1 N–H and O–H groups in total. The molecule has 0 aliphatic rings. The van der Waals surface area contributed by atoms with Crippen LogP contribution in [-0.4, -0.2) is 34.1 Å². The maximum absolute atomic E-state index is 11.9. The van der Waals surface area contributed by atoms with E-state index in [-0.39, 0.29) is 18.9 Å². The molecule has 0 fully saturated rings. The fraction of sp³-hybridized carbons (Fsp3) is 0.188. The minimum Gasteiger partial charge on any atom is -0.455 e. The molecule has 0 saturated heterocycles. The van der Waals surface area contributed by atoms with Gasteiger partial charge in [0.2, 0.25) is 0 Å². The summed E-state index contributed by atoms with van der Waals surface area (Å²) in [5.41, 5.74) is 1.30. The van der Waals surface area contributed by atoms with Gasteiger partial charge in [0.05, 0.1) is 12.1 Å². The van der Waals surface area contributed by atoms with Crippen molar-refractivity contribution < 1.29 is 14.3 Å². The van der Waals surface area contributed by atoms with Gasteiger partial charge in [-0.3, -0.25) is 14.0 Å². The van der Waals surface area contributed by atoms with Crippen molar-refractivity contribution >= 4 is 45.6 Å². The van der Waals surface area contributed by atoms with Gasteiger partial charge in [0.25, 0.3) is 5.91 Å². The number of amides is 1. The lowest BCUT2D eigenvalue weighted by Gasteiger charge is -2.07. The number of benzene rings is 1. The summed E-state index contributed by atoms with van der Waals surface area (Å²) >= 11 is 3.08. The van der Waals surface area contributed by atoms with E-state index in [1.54, 1.807) is 24.0 Å². The van der Waals surface area contributed by atoms with Crippen LogP contribution in [0.2, 0.25) is 0 Å². The molecule has 3 aromatic rings. The Morgan fingerprint density at radius 2 is 2.29 bits per heavy atom. The Morgan fingerprint density at radius 3 is 3.08 bits per heavy atom. The fourth-order valence-electron chi connectivity index (χ4n) is 2.10. The van der Waals surface area contributed by atoms with Crippen LogP contribution < -0.4 is 5.32 Å². The molecule has 0 aliphatic carbocycles. The molecule has 0 aliphatic heterocycles. The van der Waals surface area contributed by atoms with E-state index in [0.717, 1.165) is 9.86 Å². The van der Waals surface area contributed by atoms with E-state index in [1.807, 2.05) is 40.4 Å². The molecule has 2 heterocycles. The number of nitrogens with one attached hydrogen (secondary N) is 1. The molecule has 0 unspecified atom stereocenters. The molecule has 0 radical (unpaired) electrons. The summed E-state index contributed by atoms with van der Waals surface area (Å²) in [5, 5.41) is 4.62. The Labute approximate surface area is 146 Å². The molecule has 2 aromatic heterocycles. The first-order valence-corrected chi connectivity index (χ1v) is 9.25. The van der Waals surface area contributed by atoms with E-state index in [0.29, 0.717) is 11.4 Å². The molecule has 0 atom stereocenters. The summed E-state index contributed by atoms with van der Waals surface area (Å²) in [5.74, 6) is -0.846. The highest BCUT2D eigenvalue weighted by Crippen LogP contribution is 2.18. The van der Waals surface area contributed by atoms with Crippen LogP contribution in [-0.2, 0) is 20.7 Å². The Balaban J connectivity index is 1.48. The molecule has 24 heavy (non-hydrogen) atoms. The zero-order valence-corrected chi connectivity index (χ0v) is 14.5. The number of hydrogen-bond acceptors (Lipinski definition) is 6. The maximum Gasteiger partial charge on any atom is 0.312 e. The quantitative estimate of drug-likeness (QED) is 0.540. The lowest BCUT2D eigenvalue weighted by molar-refractivity contribution is -0.146. The van der Waals surface area contributed by atoms with Crippen LogP contribution in [0.1, 0.15) is 5.69 Å². The molecule has 8 heteroatoms. The van der Waals surface area contributed by atoms with E-state index in [9.17, 15) is 9.59 Å². The SMILES string of the molecule is CSc1cccc(NC(=O)COC(=O)Cc2cn3ccsc3n2)c1. The van der Waals surface area contributed by atoms with Gasteiger partial charge < -0.3 is 10.1 Å². The van der Waals surface area contributed by atoms with Crippen LogP contribution in [0, 0.1) is 0 Å². The Bertz CT molecular complexity index is 844. The van der Waals surface area contributed by atoms with Crippen molar-refractivity contribution in [2.45, 2.75) is 11.3 Å². The first-order valence-electron chi connectivity index (χ1n) is 7.14. The van der Waals surface area contributed by atoms with Crippen LogP contribution in [0.4, 0.5) is 5.69 Å². The second-order valence-corrected chi connectivity index (χ2v) is 6.70. The average molecular weight is 361 g/mol. The number of imidazole rings is 1. The molecule has 124 valence electrons. The van der Waals surface area contributed by atoms with Crippen molar-refractivity contribution in [3.8, 4) is 0 Å². The van der Waals surface area contributed by atoms with Crippen LogP contribution in [0.15, 0.2) is 46.9 Å². The highest BCUT2D eigenvalue weighted by Gasteiger charge is 2.12. The highest BCUT2D eigenvalue weighted by molar-refractivity contribution is 7.98. The number of nitrogens with zero attached hydrogens (tertiary/aromatic N) is 2. The fourth-order valence-corrected chi connectivity index (χ4v) is 3.28. The smallest absolute Gasteiger partial charge is 0.312 e. The van der Waals surface area contributed by atoms with Crippen LogP contribution in [0.5, 0.6) is 0 Å². The van der Waals surface area contributed by atoms with Gasteiger partial charge in [-0.15, -0.1) is 23.1 Å². The number of aromatic nitrogens is 2. The lowest BCUT2D eigenvalue weighted by Crippen LogP contribution is -2.21. The number of anilines is 1. The molecule has 0 spiro atoms. The topological polar surface area (TPSA) is 72.7 Å². The van der Waals surface area contributed by atoms with Crippen molar-refractivity contribution in [1.82, 2.24) is 9.38 Å². The van der Waals surface area contributed by atoms with E-state index >= 15 is 0 Å². The summed E-state index contributed by atoms with van der Waals surface area (Å²) < 4.78 is 6.85. The van der Waals surface area contributed by atoms with E-state index in [1.165, 1.54) is 11.3 Å². The highest BCUT2D eigenvalue weighted by atomic mass is 32.2. The number of fused-ring (bicyclic) bond motifs is 1. The van der Waals surface area contributed by atoms with Gasteiger partial charge in [0.1, 0.15) is 0 Å². The Kier molecular flexibility index (Phi) is 5.17. The molecule has 1 aromatic carbocycles. The van der Waals surface area contributed by atoms with Crippen LogP contribution in [0.3, 0.4) is 0 Å². The summed E-state index contributed by atoms with van der Waals surface area (Å²) in [6.45, 7) is -0.315. The number of esters is 1. The molecule has 0 bridgehead atoms. The molecule has 1 amide bonds. The van der Waals surface area contributed by atoms with Gasteiger partial charge >= 0.3 is 5.97 Å². The van der Waals surface area contributed by atoms with Gasteiger partial charge in [-0.2, -0.15) is 0 Å². The van der Waals surface area contributed by atoms with Gasteiger partial charge in [0.15, 0.2) is 11.6 Å². The average Bonchev–Trinajstić information content (AvgIpc) is 3.14. The predicted octanol–water partition coefficient (Wildman–Crippen LogP) is 2.84. The first kappa shape index (κ1) is 16.5. The Hall–Kier alpha value is -2.32. The van der Waals surface area contributed by atoms with Gasteiger partial charge in [-0.1, -0.05) is 6.07 Å². The predicted molar refractivity (Wildman–Crippen MR) is 94.6 cm³/mol. The number of thiazole rings is 1. The van der Waals surface area contributed by atoms with Gasteiger partial charge in [-0.25, -0.2) is 4.98 Å². The van der Waals surface area contributed by atoms with E-state index < -0.39 is 5.97 Å². The van der Waals surface area contributed by atoms with Crippen molar-refractivity contribution in [1.29, 1.82) is 0 Å². The van der Waals surface area contributed by atoms with Crippen LogP contribution >= 0.6 is 23.1 Å². The Morgan fingerprint density at radius 1 is 1.42 bits per heavy atom. The number of carbonyl (C=O) groups is 2. The van der Waals surface area contributed by atoms with Crippen molar-refractivity contribution in [3.05, 3.63) is 47.7 Å². The summed E-state index contributed by atoms with van der Waals surface area (Å²) in [4.78, 5) is 29.8. The monoisotopic (exact) mass is 361 g/mol. The zero-order chi connectivity index (χ0) is 16.9. The van der Waals surface area contributed by atoms with E-state index in [4.69, 9.17) is 4.74 Å². The number of carbonyl (C=O) groups excluding carboxylic acids is 2. The number of hydrogen-bond donors (Lipinski definition) is 1. The van der Waals surface area contributed by atoms with Crippen LogP contribution in [0.25, 0.3) is 4.96 Å². The number of ether oxygens (including phenoxy) is 1. The van der Waals surface area contributed by atoms with E-state index in [2.05, 4.69) is 10.3 Å². The lowest BCUT2D eigenvalue weighted by atomic mass is 10.3. The molecule has 0 saturated carbocycles. The largest absolute Gasteiger partial charge is 0.455 e. The molecule has 6 nitrogen and oxygen atoms in total. The minimum absolute atomic E-state index is 0.0453. The summed E-state index contributed by atoms with van der Waals surface area (Å²) in [6.07, 6.45) is 5.66. The van der Waals surface area contributed by atoms with Gasteiger partial charge in [0, 0.05) is 28.4 Å². The number of thioether (sulfide) groups is 1. The van der Waals surface area contributed by atoms with Crippen molar-refractivity contribution in [2.75, 3.05) is 18.2 Å². The first-order chi connectivity index (χ1) is 11.6. The second-order valence-electron chi connectivity index (χ2n) is 4.94. The molecular formula is C16H15N3O3S2. The normalized spacial score (nSPS) is 10.7. The minimum atomic E-state index is -0.478. The third kappa shape index (κ3) is 4.15. The second kappa shape index (κ2) is 7.50. The third-order valence-corrected chi connectivity index (χ3v) is 4.68. The standard InChI is InChI=1S/C16H15N3O3S2/c1-23-13-4-2-3-11(7-13)17-14(20)10-22-15(21)8-12-9-19-5-6-24-16(19)18-12/h2-7,9H,8,10H2,1H3,(H,17,20). The number of rotatable bonds is 6. The summed E-state index contributed by atoms with van der Waals surface area (Å²) in [7, 11) is 0. The maximum atomic E-state index is 11.9. The summed E-state index contributed by atoms with van der Waals surface area (Å²) in [6, 6.07) is 7.47. The third-order valence-electron chi connectivity index (χ3n) is 3.19. The molecular weight excluding hydrogens is 346 g/mol. The van der Waals surface area contributed by atoms with Crippen molar-refractivity contribution in [2.24, 2.45) is 0 Å². The zero-order valence-electron chi connectivity index (χ0n) is 12.9. The van der Waals surface area contributed by atoms with Gasteiger partial charge in [-0.05, 0) is 24.5 Å². The van der Waals surface area contributed by atoms with Crippen molar-refractivity contribution in [3.63, 3.8) is 0 Å². The molecule has 3 rings (SSSR count).